The minimum atomic E-state index is -2.93. The monoisotopic (exact) mass is 319 g/mol. The SMILES string of the molecule is CCNC(CCCS(C)(=O)=O)c1cc(Cl)ccc1OC. The summed E-state index contributed by atoms with van der Waals surface area (Å²) in [6.07, 6.45) is 2.58. The predicted molar refractivity (Wildman–Crippen MR) is 83.4 cm³/mol. The van der Waals surface area contributed by atoms with Crippen molar-refractivity contribution in [2.24, 2.45) is 0 Å². The molecule has 1 aromatic rings. The molecular formula is C14H22ClNO3S. The Bertz CT molecular complexity index is 531. The van der Waals surface area contributed by atoms with Crippen LogP contribution in [0, 0.1) is 0 Å². The van der Waals surface area contributed by atoms with Crippen LogP contribution in [-0.2, 0) is 9.84 Å². The van der Waals surface area contributed by atoms with Crippen LogP contribution in [0.15, 0.2) is 18.2 Å². The van der Waals surface area contributed by atoms with E-state index in [1.807, 2.05) is 19.1 Å². The second kappa shape index (κ2) is 7.86. The third kappa shape index (κ3) is 5.69. The van der Waals surface area contributed by atoms with Crippen LogP contribution in [0.4, 0.5) is 0 Å². The topological polar surface area (TPSA) is 55.4 Å². The number of hydrogen-bond acceptors (Lipinski definition) is 4. The first kappa shape index (κ1) is 17.3. The fraction of sp³-hybridized carbons (Fsp3) is 0.571. The highest BCUT2D eigenvalue weighted by atomic mass is 35.5. The van der Waals surface area contributed by atoms with Gasteiger partial charge in [0.05, 0.1) is 7.11 Å². The van der Waals surface area contributed by atoms with Crippen LogP contribution < -0.4 is 10.1 Å². The van der Waals surface area contributed by atoms with Gasteiger partial charge in [0.15, 0.2) is 0 Å². The molecule has 1 aromatic carbocycles. The van der Waals surface area contributed by atoms with Gasteiger partial charge in [0.1, 0.15) is 15.6 Å². The van der Waals surface area contributed by atoms with Gasteiger partial charge < -0.3 is 10.1 Å². The minimum absolute atomic E-state index is 0.0374. The molecule has 20 heavy (non-hydrogen) atoms. The van der Waals surface area contributed by atoms with E-state index >= 15 is 0 Å². The van der Waals surface area contributed by atoms with Gasteiger partial charge in [-0.25, -0.2) is 8.42 Å². The van der Waals surface area contributed by atoms with Crippen LogP contribution in [-0.4, -0.2) is 34.1 Å². The average molecular weight is 320 g/mol. The standard InChI is InChI=1S/C14H22ClNO3S/c1-4-16-13(6-5-9-20(3,17)18)12-10-11(15)7-8-14(12)19-2/h7-8,10,13,16H,4-6,9H2,1-3H3. The van der Waals surface area contributed by atoms with Crippen LogP contribution in [0.3, 0.4) is 0 Å². The van der Waals surface area contributed by atoms with Crippen LogP contribution >= 0.6 is 11.6 Å². The molecule has 1 atom stereocenters. The number of methoxy groups -OCH3 is 1. The van der Waals surface area contributed by atoms with Crippen LogP contribution in [0.25, 0.3) is 0 Å². The van der Waals surface area contributed by atoms with Crippen molar-refractivity contribution in [3.8, 4) is 5.75 Å². The number of ether oxygens (including phenoxy) is 1. The largest absolute Gasteiger partial charge is 0.496 e. The van der Waals surface area contributed by atoms with Gasteiger partial charge in [-0.05, 0) is 37.6 Å². The molecule has 0 fully saturated rings. The molecule has 6 heteroatoms. The van der Waals surface area contributed by atoms with Crippen LogP contribution in [0.2, 0.25) is 5.02 Å². The lowest BCUT2D eigenvalue weighted by Gasteiger charge is -2.21. The summed E-state index contributed by atoms with van der Waals surface area (Å²) in [7, 11) is -1.31. The van der Waals surface area contributed by atoms with Gasteiger partial charge in [-0.2, -0.15) is 0 Å². The Kier molecular flexibility index (Phi) is 6.79. The number of halogens is 1. The maximum atomic E-state index is 11.2. The normalized spacial score (nSPS) is 13.2. The van der Waals surface area contributed by atoms with E-state index in [-0.39, 0.29) is 11.8 Å². The zero-order valence-electron chi connectivity index (χ0n) is 12.1. The summed E-state index contributed by atoms with van der Waals surface area (Å²) in [5.41, 5.74) is 0.968. The summed E-state index contributed by atoms with van der Waals surface area (Å²) in [6.45, 7) is 2.81. The van der Waals surface area contributed by atoms with E-state index in [0.717, 1.165) is 24.3 Å². The second-order valence-corrected chi connectivity index (χ2v) is 7.46. The maximum Gasteiger partial charge on any atom is 0.147 e. The molecule has 0 aliphatic carbocycles. The van der Waals surface area contributed by atoms with E-state index in [1.165, 1.54) is 6.26 Å². The highest BCUT2D eigenvalue weighted by Crippen LogP contribution is 2.30. The number of nitrogens with one attached hydrogen (secondary N) is 1. The molecule has 4 nitrogen and oxygen atoms in total. The van der Waals surface area contributed by atoms with E-state index in [1.54, 1.807) is 13.2 Å². The van der Waals surface area contributed by atoms with Crippen molar-refractivity contribution in [3.05, 3.63) is 28.8 Å². The summed E-state index contributed by atoms with van der Waals surface area (Å²) < 4.78 is 27.8. The van der Waals surface area contributed by atoms with Gasteiger partial charge in [0.2, 0.25) is 0 Å². The lowest BCUT2D eigenvalue weighted by molar-refractivity contribution is 0.395. The van der Waals surface area contributed by atoms with Crippen molar-refractivity contribution in [2.75, 3.05) is 25.7 Å². The quantitative estimate of drug-likeness (QED) is 0.800. The Morgan fingerprint density at radius 2 is 2.10 bits per heavy atom. The fourth-order valence-electron chi connectivity index (χ4n) is 2.14. The predicted octanol–water partition coefficient (Wildman–Crippen LogP) is 2.82. The number of hydrogen-bond donors (Lipinski definition) is 1. The molecule has 1 rings (SSSR count). The van der Waals surface area contributed by atoms with Gasteiger partial charge >= 0.3 is 0 Å². The zero-order chi connectivity index (χ0) is 15.2. The molecule has 0 bridgehead atoms. The second-order valence-electron chi connectivity index (χ2n) is 4.77. The summed E-state index contributed by atoms with van der Waals surface area (Å²) in [5.74, 6) is 0.956. The van der Waals surface area contributed by atoms with Gasteiger partial charge in [-0.3, -0.25) is 0 Å². The summed E-state index contributed by atoms with van der Waals surface area (Å²) in [4.78, 5) is 0. The molecule has 0 spiro atoms. The minimum Gasteiger partial charge on any atom is -0.496 e. The molecule has 0 amide bonds. The molecule has 0 heterocycles. The van der Waals surface area contributed by atoms with Gasteiger partial charge in [-0.1, -0.05) is 18.5 Å². The number of benzene rings is 1. The highest BCUT2D eigenvalue weighted by Gasteiger charge is 2.16. The Morgan fingerprint density at radius 3 is 2.65 bits per heavy atom. The zero-order valence-corrected chi connectivity index (χ0v) is 13.7. The van der Waals surface area contributed by atoms with Crippen LogP contribution in [0.1, 0.15) is 31.4 Å². The van der Waals surface area contributed by atoms with Crippen molar-refractivity contribution >= 4 is 21.4 Å². The van der Waals surface area contributed by atoms with Crippen molar-refractivity contribution in [3.63, 3.8) is 0 Å². The summed E-state index contributed by atoms with van der Waals surface area (Å²) in [5, 5.41) is 4.00. The summed E-state index contributed by atoms with van der Waals surface area (Å²) >= 11 is 6.05. The molecule has 1 unspecified atom stereocenters. The lowest BCUT2D eigenvalue weighted by atomic mass is 10.0. The molecule has 0 aliphatic rings. The van der Waals surface area contributed by atoms with E-state index in [2.05, 4.69) is 5.32 Å². The van der Waals surface area contributed by atoms with Gasteiger partial charge in [0, 0.05) is 28.6 Å². The molecule has 0 saturated carbocycles. The third-order valence-corrected chi connectivity index (χ3v) is 4.29. The molecule has 0 aromatic heterocycles. The first-order valence-electron chi connectivity index (χ1n) is 6.62. The van der Waals surface area contributed by atoms with E-state index < -0.39 is 9.84 Å². The Hall–Kier alpha value is -0.780. The van der Waals surface area contributed by atoms with Crippen LogP contribution in [0.5, 0.6) is 5.75 Å². The van der Waals surface area contributed by atoms with Crippen molar-refractivity contribution < 1.29 is 13.2 Å². The molecule has 0 saturated heterocycles. The molecular weight excluding hydrogens is 298 g/mol. The van der Waals surface area contributed by atoms with Gasteiger partial charge in [-0.15, -0.1) is 0 Å². The molecule has 114 valence electrons. The molecule has 1 N–H and O–H groups in total. The number of rotatable bonds is 8. The Labute approximate surface area is 126 Å². The first-order valence-corrected chi connectivity index (χ1v) is 9.05. The molecule has 0 radical (unpaired) electrons. The Balaban J connectivity index is 2.87. The first-order chi connectivity index (χ1) is 9.37. The maximum absolute atomic E-state index is 11.2. The van der Waals surface area contributed by atoms with Crippen molar-refractivity contribution in [1.82, 2.24) is 5.32 Å². The lowest BCUT2D eigenvalue weighted by Crippen LogP contribution is -2.22. The fourth-order valence-corrected chi connectivity index (χ4v) is 3.01. The average Bonchev–Trinajstić information content (AvgIpc) is 2.36. The summed E-state index contributed by atoms with van der Waals surface area (Å²) in [6, 6.07) is 5.52. The highest BCUT2D eigenvalue weighted by molar-refractivity contribution is 7.90. The third-order valence-electron chi connectivity index (χ3n) is 3.03. The molecule has 0 aliphatic heterocycles. The smallest absolute Gasteiger partial charge is 0.147 e. The van der Waals surface area contributed by atoms with E-state index in [4.69, 9.17) is 16.3 Å². The van der Waals surface area contributed by atoms with E-state index in [0.29, 0.717) is 11.4 Å². The van der Waals surface area contributed by atoms with Gasteiger partial charge in [0.25, 0.3) is 0 Å². The Morgan fingerprint density at radius 1 is 1.40 bits per heavy atom. The van der Waals surface area contributed by atoms with Crippen molar-refractivity contribution in [2.45, 2.75) is 25.8 Å². The van der Waals surface area contributed by atoms with E-state index in [9.17, 15) is 8.42 Å². The van der Waals surface area contributed by atoms with Crippen molar-refractivity contribution in [1.29, 1.82) is 0 Å². The number of sulfone groups is 1.